The lowest BCUT2D eigenvalue weighted by atomic mass is 10.1. The minimum Gasteiger partial charge on any atom is -0.292 e. The monoisotopic (exact) mass is 311 g/mol. The first-order valence-electron chi connectivity index (χ1n) is 5.15. The number of rotatable bonds is 3. The van der Waals surface area contributed by atoms with Crippen LogP contribution in [0, 0.1) is 11.6 Å². The first-order valence-corrected chi connectivity index (χ1v) is 5.94. The summed E-state index contributed by atoms with van der Waals surface area (Å²) >= 11 is 3.21. The van der Waals surface area contributed by atoms with E-state index in [0.717, 1.165) is 16.6 Å². The highest BCUT2D eigenvalue weighted by atomic mass is 79.9. The fourth-order valence-electron chi connectivity index (χ4n) is 1.47. The lowest BCUT2D eigenvalue weighted by molar-refractivity contribution is 0.0987. The molecule has 0 amide bonds. The molecule has 5 heteroatoms. The number of halogens is 3. The Kier molecular flexibility index (Phi) is 3.81. The number of carbonyl (C=O) groups excluding carboxylic acids is 1. The Balaban J connectivity index is 2.18. The molecular formula is C13H8BrF2NO. The normalized spacial score (nSPS) is 10.4. The molecule has 0 bridgehead atoms. The average molecular weight is 312 g/mol. The molecule has 1 aromatic heterocycles. The van der Waals surface area contributed by atoms with Gasteiger partial charge in [0, 0.05) is 23.2 Å². The maximum absolute atomic E-state index is 13.4. The summed E-state index contributed by atoms with van der Waals surface area (Å²) in [5.74, 6) is -1.70. The van der Waals surface area contributed by atoms with E-state index < -0.39 is 11.6 Å². The fourth-order valence-corrected chi connectivity index (χ4v) is 1.70. The Labute approximate surface area is 111 Å². The van der Waals surface area contributed by atoms with Gasteiger partial charge in [-0.2, -0.15) is 0 Å². The quantitative estimate of drug-likeness (QED) is 0.811. The molecule has 0 aliphatic heterocycles. The number of hydrogen-bond donors (Lipinski definition) is 0. The van der Waals surface area contributed by atoms with Crippen LogP contribution in [0.2, 0.25) is 0 Å². The van der Waals surface area contributed by atoms with Crippen molar-refractivity contribution in [2.45, 2.75) is 6.42 Å². The van der Waals surface area contributed by atoms with E-state index in [-0.39, 0.29) is 23.5 Å². The maximum atomic E-state index is 13.4. The molecule has 0 N–H and O–H groups in total. The van der Waals surface area contributed by atoms with Gasteiger partial charge < -0.3 is 0 Å². The van der Waals surface area contributed by atoms with E-state index in [2.05, 4.69) is 20.9 Å². The van der Waals surface area contributed by atoms with E-state index in [1.165, 1.54) is 12.3 Å². The Bertz CT molecular complexity index is 584. The van der Waals surface area contributed by atoms with Crippen LogP contribution in [0.5, 0.6) is 0 Å². The highest BCUT2D eigenvalue weighted by Crippen LogP contribution is 2.13. The second-order valence-electron chi connectivity index (χ2n) is 3.70. The summed E-state index contributed by atoms with van der Waals surface area (Å²) in [6.07, 6.45) is 1.36. The number of carbonyl (C=O) groups is 1. The van der Waals surface area contributed by atoms with Gasteiger partial charge in [-0.25, -0.2) is 8.78 Å². The number of Topliss-reactive ketones (excluding diaryl/α,β-unsaturated/α-hetero) is 1. The molecule has 0 aliphatic carbocycles. The number of benzene rings is 1. The van der Waals surface area contributed by atoms with Gasteiger partial charge in [0.25, 0.3) is 0 Å². The van der Waals surface area contributed by atoms with Gasteiger partial charge in [-0.05, 0) is 39.7 Å². The SMILES string of the molecule is O=C(Cc1ccc(F)cc1F)c1ccc(Br)cn1. The van der Waals surface area contributed by atoms with E-state index in [0.29, 0.717) is 0 Å². The van der Waals surface area contributed by atoms with E-state index in [4.69, 9.17) is 0 Å². The summed E-state index contributed by atoms with van der Waals surface area (Å²) in [4.78, 5) is 15.8. The molecule has 0 saturated heterocycles. The lowest BCUT2D eigenvalue weighted by Gasteiger charge is -2.03. The van der Waals surface area contributed by atoms with Crippen LogP contribution in [-0.2, 0) is 6.42 Å². The van der Waals surface area contributed by atoms with E-state index >= 15 is 0 Å². The van der Waals surface area contributed by atoms with Gasteiger partial charge >= 0.3 is 0 Å². The summed E-state index contributed by atoms with van der Waals surface area (Å²) in [5, 5.41) is 0. The van der Waals surface area contributed by atoms with Gasteiger partial charge in [-0.1, -0.05) is 6.07 Å². The van der Waals surface area contributed by atoms with Crippen molar-refractivity contribution in [1.82, 2.24) is 4.98 Å². The number of pyridine rings is 1. The third-order valence-corrected chi connectivity index (χ3v) is 2.85. The Morgan fingerprint density at radius 2 is 2.00 bits per heavy atom. The molecule has 0 saturated carbocycles. The molecule has 1 heterocycles. The minimum absolute atomic E-state index is 0.138. The number of nitrogens with zero attached hydrogens (tertiary/aromatic N) is 1. The maximum Gasteiger partial charge on any atom is 0.185 e. The third kappa shape index (κ3) is 2.98. The van der Waals surface area contributed by atoms with Gasteiger partial charge in [0.05, 0.1) is 0 Å². The molecule has 0 atom stereocenters. The zero-order valence-electron chi connectivity index (χ0n) is 9.16. The molecule has 2 rings (SSSR count). The Morgan fingerprint density at radius 1 is 1.22 bits per heavy atom. The van der Waals surface area contributed by atoms with E-state index in [9.17, 15) is 13.6 Å². The molecule has 2 aromatic rings. The molecule has 0 spiro atoms. The summed E-state index contributed by atoms with van der Waals surface area (Å²) in [5.41, 5.74) is 0.410. The second-order valence-corrected chi connectivity index (χ2v) is 4.61. The number of hydrogen-bond acceptors (Lipinski definition) is 2. The molecule has 1 aromatic carbocycles. The highest BCUT2D eigenvalue weighted by molar-refractivity contribution is 9.10. The van der Waals surface area contributed by atoms with Crippen molar-refractivity contribution in [3.8, 4) is 0 Å². The van der Waals surface area contributed by atoms with Crippen LogP contribution < -0.4 is 0 Å². The van der Waals surface area contributed by atoms with Crippen LogP contribution in [-0.4, -0.2) is 10.8 Å². The average Bonchev–Trinajstić information content (AvgIpc) is 2.33. The zero-order chi connectivity index (χ0) is 13.1. The first kappa shape index (κ1) is 12.8. The van der Waals surface area contributed by atoms with Crippen molar-refractivity contribution in [2.75, 3.05) is 0 Å². The summed E-state index contributed by atoms with van der Waals surface area (Å²) in [6, 6.07) is 6.38. The van der Waals surface area contributed by atoms with Crippen LogP contribution in [0.4, 0.5) is 8.78 Å². The Morgan fingerprint density at radius 3 is 2.61 bits per heavy atom. The smallest absolute Gasteiger partial charge is 0.185 e. The van der Waals surface area contributed by atoms with Crippen LogP contribution >= 0.6 is 15.9 Å². The van der Waals surface area contributed by atoms with Gasteiger partial charge in [0.15, 0.2) is 5.78 Å². The van der Waals surface area contributed by atoms with Crippen molar-refractivity contribution in [2.24, 2.45) is 0 Å². The van der Waals surface area contributed by atoms with Crippen molar-refractivity contribution < 1.29 is 13.6 Å². The van der Waals surface area contributed by atoms with E-state index in [1.54, 1.807) is 12.1 Å². The van der Waals surface area contributed by atoms with Gasteiger partial charge in [0.1, 0.15) is 17.3 Å². The van der Waals surface area contributed by atoms with E-state index in [1.807, 2.05) is 0 Å². The number of aromatic nitrogens is 1. The molecule has 0 unspecified atom stereocenters. The first-order chi connectivity index (χ1) is 8.56. The van der Waals surface area contributed by atoms with Gasteiger partial charge in [-0.15, -0.1) is 0 Å². The van der Waals surface area contributed by atoms with Crippen LogP contribution in [0.3, 0.4) is 0 Å². The molecule has 0 aliphatic rings. The largest absolute Gasteiger partial charge is 0.292 e. The van der Waals surface area contributed by atoms with Crippen LogP contribution in [0.1, 0.15) is 16.1 Å². The molecule has 18 heavy (non-hydrogen) atoms. The highest BCUT2D eigenvalue weighted by Gasteiger charge is 2.12. The predicted molar refractivity (Wildman–Crippen MR) is 66.3 cm³/mol. The topological polar surface area (TPSA) is 30.0 Å². The minimum atomic E-state index is -0.722. The molecule has 2 nitrogen and oxygen atoms in total. The van der Waals surface area contributed by atoms with Gasteiger partial charge in [0.2, 0.25) is 0 Å². The standard InChI is InChI=1S/C13H8BrF2NO/c14-9-2-4-12(17-7-9)13(18)5-8-1-3-10(15)6-11(8)16/h1-4,6-7H,5H2. The Hall–Kier alpha value is -1.62. The molecule has 0 radical (unpaired) electrons. The van der Waals surface area contributed by atoms with Crippen molar-refractivity contribution in [3.05, 3.63) is 63.9 Å². The lowest BCUT2D eigenvalue weighted by Crippen LogP contribution is -2.07. The molecule has 0 fully saturated rings. The van der Waals surface area contributed by atoms with Crippen molar-refractivity contribution >= 4 is 21.7 Å². The predicted octanol–water partition coefficient (Wildman–Crippen LogP) is 3.55. The van der Waals surface area contributed by atoms with Gasteiger partial charge in [-0.3, -0.25) is 9.78 Å². The third-order valence-electron chi connectivity index (χ3n) is 2.38. The molecular weight excluding hydrogens is 304 g/mol. The second kappa shape index (κ2) is 5.35. The molecule has 92 valence electrons. The van der Waals surface area contributed by atoms with Crippen molar-refractivity contribution in [1.29, 1.82) is 0 Å². The summed E-state index contributed by atoms with van der Waals surface area (Å²) in [7, 11) is 0. The van der Waals surface area contributed by atoms with Crippen LogP contribution in [0.25, 0.3) is 0 Å². The fraction of sp³-hybridized carbons (Fsp3) is 0.0769. The van der Waals surface area contributed by atoms with Crippen LogP contribution in [0.15, 0.2) is 41.0 Å². The number of ketones is 1. The summed E-state index contributed by atoms with van der Waals surface area (Å²) < 4.78 is 26.8. The summed E-state index contributed by atoms with van der Waals surface area (Å²) in [6.45, 7) is 0. The van der Waals surface area contributed by atoms with Crippen molar-refractivity contribution in [3.63, 3.8) is 0 Å². The zero-order valence-corrected chi connectivity index (χ0v) is 10.7.